The average Bonchev–Trinajstić information content (AvgIpc) is 3.12. The number of rotatable bonds is 4. The molecule has 5 nitrogen and oxygen atoms in total. The maximum Gasteiger partial charge on any atom is 0.252 e. The molecule has 1 saturated carbocycles. The van der Waals surface area contributed by atoms with Gasteiger partial charge in [0, 0.05) is 12.0 Å². The van der Waals surface area contributed by atoms with E-state index in [0.29, 0.717) is 17.3 Å². The van der Waals surface area contributed by atoms with Crippen LogP contribution >= 0.6 is 0 Å². The standard InChI is InChI=1S/C21H29N3O2/c1-5-17-22-19(26-24-17)21(13-7-6-8-14-21)23-18(25)15-9-11-16(12-10-15)20(2,3)4/h9-12H,5-8,13-14H2,1-4H3,(H,23,25). The molecule has 0 aliphatic heterocycles. The summed E-state index contributed by atoms with van der Waals surface area (Å²) in [6.45, 7) is 8.50. The number of hydrogen-bond acceptors (Lipinski definition) is 4. The van der Waals surface area contributed by atoms with Crippen LogP contribution in [-0.2, 0) is 17.4 Å². The fraction of sp³-hybridized carbons (Fsp3) is 0.571. The van der Waals surface area contributed by atoms with Gasteiger partial charge in [0.1, 0.15) is 5.54 Å². The van der Waals surface area contributed by atoms with Gasteiger partial charge in [-0.05, 0) is 36.0 Å². The third-order valence-electron chi connectivity index (χ3n) is 5.27. The Morgan fingerprint density at radius 3 is 2.35 bits per heavy atom. The molecule has 0 bridgehead atoms. The Balaban J connectivity index is 1.83. The van der Waals surface area contributed by atoms with E-state index in [4.69, 9.17) is 4.52 Å². The molecule has 0 spiro atoms. The number of carbonyl (C=O) groups excluding carboxylic acids is 1. The van der Waals surface area contributed by atoms with Gasteiger partial charge in [-0.15, -0.1) is 0 Å². The van der Waals surface area contributed by atoms with E-state index in [2.05, 4.69) is 36.2 Å². The SMILES string of the molecule is CCc1noc(C2(NC(=O)c3ccc(C(C)(C)C)cc3)CCCCC2)n1. The molecule has 0 atom stereocenters. The quantitative estimate of drug-likeness (QED) is 0.875. The Labute approximate surface area is 155 Å². The Morgan fingerprint density at radius 2 is 1.81 bits per heavy atom. The third-order valence-corrected chi connectivity index (χ3v) is 5.27. The van der Waals surface area contributed by atoms with Crippen molar-refractivity contribution in [3.63, 3.8) is 0 Å². The van der Waals surface area contributed by atoms with Gasteiger partial charge in [-0.25, -0.2) is 0 Å². The van der Waals surface area contributed by atoms with Crippen LogP contribution in [0.5, 0.6) is 0 Å². The normalized spacial score (nSPS) is 17.1. The maximum atomic E-state index is 12.9. The highest BCUT2D eigenvalue weighted by molar-refractivity contribution is 5.94. The molecule has 1 fully saturated rings. The van der Waals surface area contributed by atoms with Crippen LogP contribution in [0, 0.1) is 0 Å². The van der Waals surface area contributed by atoms with E-state index in [9.17, 15) is 4.79 Å². The number of carbonyl (C=O) groups is 1. The zero-order chi connectivity index (χ0) is 18.8. The first-order valence-electron chi connectivity index (χ1n) is 9.60. The van der Waals surface area contributed by atoms with Gasteiger partial charge in [0.25, 0.3) is 11.8 Å². The van der Waals surface area contributed by atoms with Crippen molar-refractivity contribution < 1.29 is 9.32 Å². The molecule has 1 aliphatic carbocycles. The number of nitrogens with one attached hydrogen (secondary N) is 1. The van der Waals surface area contributed by atoms with Crippen molar-refractivity contribution in [3.8, 4) is 0 Å². The van der Waals surface area contributed by atoms with E-state index >= 15 is 0 Å². The zero-order valence-electron chi connectivity index (χ0n) is 16.3. The molecule has 1 heterocycles. The van der Waals surface area contributed by atoms with Gasteiger partial charge >= 0.3 is 0 Å². The molecule has 26 heavy (non-hydrogen) atoms. The van der Waals surface area contributed by atoms with Crippen LogP contribution in [0.3, 0.4) is 0 Å². The van der Waals surface area contributed by atoms with Crippen LogP contribution in [0.2, 0.25) is 0 Å². The highest BCUT2D eigenvalue weighted by Crippen LogP contribution is 2.36. The number of aromatic nitrogens is 2. The minimum Gasteiger partial charge on any atom is -0.338 e. The Bertz CT molecular complexity index is 750. The van der Waals surface area contributed by atoms with Crippen LogP contribution in [-0.4, -0.2) is 16.0 Å². The van der Waals surface area contributed by atoms with Crippen molar-refractivity contribution in [2.24, 2.45) is 0 Å². The van der Waals surface area contributed by atoms with Crippen molar-refractivity contribution in [1.29, 1.82) is 0 Å². The molecule has 3 rings (SSSR count). The summed E-state index contributed by atoms with van der Waals surface area (Å²) in [6.07, 6.45) is 5.67. The van der Waals surface area contributed by atoms with Crippen LogP contribution in [0.1, 0.15) is 87.4 Å². The predicted molar refractivity (Wildman–Crippen MR) is 101 cm³/mol. The summed E-state index contributed by atoms with van der Waals surface area (Å²) < 4.78 is 5.52. The number of nitrogens with zero attached hydrogens (tertiary/aromatic N) is 2. The smallest absolute Gasteiger partial charge is 0.252 e. The summed E-state index contributed by atoms with van der Waals surface area (Å²) in [7, 11) is 0. The molecule has 1 aromatic heterocycles. The lowest BCUT2D eigenvalue weighted by Gasteiger charge is -2.34. The molecule has 1 amide bonds. The first-order chi connectivity index (χ1) is 12.3. The van der Waals surface area contributed by atoms with Crippen LogP contribution < -0.4 is 5.32 Å². The van der Waals surface area contributed by atoms with Gasteiger partial charge in [-0.3, -0.25) is 4.79 Å². The number of aryl methyl sites for hydroxylation is 1. The van der Waals surface area contributed by atoms with Gasteiger partial charge in [-0.1, -0.05) is 64.2 Å². The second-order valence-electron chi connectivity index (χ2n) is 8.29. The number of amides is 1. The van der Waals surface area contributed by atoms with Crippen molar-refractivity contribution in [2.75, 3.05) is 0 Å². The third kappa shape index (κ3) is 3.81. The fourth-order valence-corrected chi connectivity index (χ4v) is 3.55. The van der Waals surface area contributed by atoms with Crippen molar-refractivity contribution >= 4 is 5.91 Å². The van der Waals surface area contributed by atoms with Gasteiger partial charge in [-0.2, -0.15) is 4.98 Å². The van der Waals surface area contributed by atoms with E-state index in [1.54, 1.807) is 0 Å². The predicted octanol–water partition coefficient (Wildman–Crippen LogP) is 4.52. The first-order valence-corrected chi connectivity index (χ1v) is 9.60. The highest BCUT2D eigenvalue weighted by Gasteiger charge is 2.40. The number of benzene rings is 1. The molecule has 0 unspecified atom stereocenters. The van der Waals surface area contributed by atoms with Gasteiger partial charge in [0.2, 0.25) is 0 Å². The molecule has 140 valence electrons. The van der Waals surface area contributed by atoms with Gasteiger partial charge in [0.15, 0.2) is 5.82 Å². The lowest BCUT2D eigenvalue weighted by atomic mass is 9.81. The second kappa shape index (κ2) is 7.22. The maximum absolute atomic E-state index is 12.9. The van der Waals surface area contributed by atoms with Crippen molar-refractivity contribution in [2.45, 2.75) is 77.2 Å². The van der Waals surface area contributed by atoms with E-state index in [-0.39, 0.29) is 11.3 Å². The highest BCUT2D eigenvalue weighted by atomic mass is 16.5. The van der Waals surface area contributed by atoms with Gasteiger partial charge in [0.05, 0.1) is 0 Å². The minimum absolute atomic E-state index is 0.0694. The largest absolute Gasteiger partial charge is 0.338 e. The molecule has 0 radical (unpaired) electrons. The average molecular weight is 355 g/mol. The van der Waals surface area contributed by atoms with Crippen LogP contribution in [0.4, 0.5) is 0 Å². The van der Waals surface area contributed by atoms with E-state index < -0.39 is 5.54 Å². The molecule has 1 N–H and O–H groups in total. The summed E-state index contributed by atoms with van der Waals surface area (Å²) in [5, 5.41) is 7.26. The van der Waals surface area contributed by atoms with Crippen molar-refractivity contribution in [3.05, 3.63) is 47.1 Å². The van der Waals surface area contributed by atoms with Crippen LogP contribution in [0.25, 0.3) is 0 Å². The van der Waals surface area contributed by atoms with E-state index in [1.807, 2.05) is 31.2 Å². The molecule has 5 heteroatoms. The monoisotopic (exact) mass is 355 g/mol. The summed E-state index contributed by atoms with van der Waals surface area (Å²) in [5.74, 6) is 1.16. The topological polar surface area (TPSA) is 68.0 Å². The summed E-state index contributed by atoms with van der Waals surface area (Å²) >= 11 is 0. The fourth-order valence-electron chi connectivity index (χ4n) is 3.55. The van der Waals surface area contributed by atoms with Crippen LogP contribution in [0.15, 0.2) is 28.8 Å². The lowest BCUT2D eigenvalue weighted by molar-refractivity contribution is 0.0824. The summed E-state index contributed by atoms with van der Waals surface area (Å²) in [5.41, 5.74) is 1.40. The van der Waals surface area contributed by atoms with Crippen molar-refractivity contribution in [1.82, 2.24) is 15.5 Å². The molecular weight excluding hydrogens is 326 g/mol. The molecule has 1 aromatic carbocycles. The summed E-state index contributed by atoms with van der Waals surface area (Å²) in [6, 6.07) is 7.87. The molecular formula is C21H29N3O2. The molecule has 0 saturated heterocycles. The minimum atomic E-state index is -0.543. The second-order valence-corrected chi connectivity index (χ2v) is 8.29. The zero-order valence-corrected chi connectivity index (χ0v) is 16.3. The Morgan fingerprint density at radius 1 is 1.15 bits per heavy atom. The summed E-state index contributed by atoms with van der Waals surface area (Å²) in [4.78, 5) is 17.5. The van der Waals surface area contributed by atoms with E-state index in [1.165, 1.54) is 12.0 Å². The first kappa shape index (κ1) is 18.6. The Hall–Kier alpha value is -2.17. The Kier molecular flexibility index (Phi) is 5.17. The van der Waals surface area contributed by atoms with E-state index in [0.717, 1.165) is 32.1 Å². The molecule has 1 aliphatic rings. The van der Waals surface area contributed by atoms with Gasteiger partial charge < -0.3 is 9.84 Å². The lowest BCUT2D eigenvalue weighted by Crippen LogP contribution is -2.47. The molecule has 2 aromatic rings. The number of hydrogen-bond donors (Lipinski definition) is 1.